The van der Waals surface area contributed by atoms with Gasteiger partial charge < -0.3 is 9.31 Å². The predicted octanol–water partition coefficient (Wildman–Crippen LogP) is 2.55. The minimum absolute atomic E-state index is 0.134. The van der Waals surface area contributed by atoms with Crippen LogP contribution in [0.2, 0.25) is 0 Å². The van der Waals surface area contributed by atoms with Gasteiger partial charge in [-0.25, -0.2) is 4.98 Å². The first-order valence-electron chi connectivity index (χ1n) is 7.24. The van der Waals surface area contributed by atoms with Gasteiger partial charge in [0.15, 0.2) is 0 Å². The van der Waals surface area contributed by atoms with Crippen LogP contribution >= 0.6 is 0 Å². The Kier molecular flexibility index (Phi) is 3.68. The lowest BCUT2D eigenvalue weighted by atomic mass is 9.77. The molecule has 0 amide bonds. The molecular weight excluding hydrogens is 263 g/mol. The SMILES string of the molecule is CC(C)(C)c1cc(B2OC(C)(C)C(C)(C)O2)cc(C#N)n1. The molecule has 112 valence electrons. The Labute approximate surface area is 127 Å². The number of hydrogen-bond donors (Lipinski definition) is 0. The first-order valence-corrected chi connectivity index (χ1v) is 7.24. The average Bonchev–Trinajstić information content (AvgIpc) is 2.57. The van der Waals surface area contributed by atoms with Crippen LogP contribution in [0.5, 0.6) is 0 Å². The van der Waals surface area contributed by atoms with Gasteiger partial charge in [0.1, 0.15) is 11.8 Å². The van der Waals surface area contributed by atoms with Crippen LogP contribution in [0.4, 0.5) is 0 Å². The molecule has 21 heavy (non-hydrogen) atoms. The smallest absolute Gasteiger partial charge is 0.399 e. The van der Waals surface area contributed by atoms with E-state index in [2.05, 4.69) is 31.8 Å². The molecule has 4 nitrogen and oxygen atoms in total. The lowest BCUT2D eigenvalue weighted by Gasteiger charge is -2.32. The summed E-state index contributed by atoms with van der Waals surface area (Å²) >= 11 is 0. The van der Waals surface area contributed by atoms with Crippen LogP contribution in [0.1, 0.15) is 59.9 Å². The van der Waals surface area contributed by atoms with Gasteiger partial charge in [0.05, 0.1) is 11.2 Å². The summed E-state index contributed by atoms with van der Waals surface area (Å²) in [6.45, 7) is 14.3. The van der Waals surface area contributed by atoms with Crippen LogP contribution in [0.15, 0.2) is 12.1 Å². The quantitative estimate of drug-likeness (QED) is 0.744. The molecule has 0 bridgehead atoms. The molecule has 0 N–H and O–H groups in total. The van der Waals surface area contributed by atoms with Crippen LogP contribution in [-0.2, 0) is 14.7 Å². The maximum atomic E-state index is 9.21. The van der Waals surface area contributed by atoms with Gasteiger partial charge in [-0.2, -0.15) is 5.26 Å². The molecule has 0 aliphatic carbocycles. The van der Waals surface area contributed by atoms with Gasteiger partial charge in [0.25, 0.3) is 0 Å². The fourth-order valence-electron chi connectivity index (χ4n) is 2.11. The average molecular weight is 286 g/mol. The highest BCUT2D eigenvalue weighted by Crippen LogP contribution is 2.36. The number of rotatable bonds is 1. The molecular formula is C16H23BN2O2. The number of aromatic nitrogens is 1. The molecule has 0 atom stereocenters. The summed E-state index contributed by atoms with van der Waals surface area (Å²) in [5.74, 6) is 0. The lowest BCUT2D eigenvalue weighted by Crippen LogP contribution is -2.41. The highest BCUT2D eigenvalue weighted by atomic mass is 16.7. The summed E-state index contributed by atoms with van der Waals surface area (Å²) in [5.41, 5.74) is 1.19. The van der Waals surface area contributed by atoms with E-state index in [0.29, 0.717) is 5.69 Å². The molecule has 1 aromatic heterocycles. The minimum atomic E-state index is -0.466. The summed E-state index contributed by atoms with van der Waals surface area (Å²) in [5, 5.41) is 9.21. The van der Waals surface area contributed by atoms with E-state index in [9.17, 15) is 5.26 Å². The first kappa shape index (κ1) is 16.0. The topological polar surface area (TPSA) is 55.1 Å². The van der Waals surface area contributed by atoms with Crippen molar-refractivity contribution in [2.24, 2.45) is 0 Å². The number of nitriles is 1. The second kappa shape index (κ2) is 4.83. The molecule has 5 heteroatoms. The van der Waals surface area contributed by atoms with E-state index >= 15 is 0 Å². The van der Waals surface area contributed by atoms with Crippen molar-refractivity contribution in [1.29, 1.82) is 5.26 Å². The van der Waals surface area contributed by atoms with Gasteiger partial charge >= 0.3 is 7.12 Å². The molecule has 0 aromatic carbocycles. The van der Waals surface area contributed by atoms with Gasteiger partial charge in [0.2, 0.25) is 0 Å². The largest absolute Gasteiger partial charge is 0.495 e. The molecule has 0 spiro atoms. The Balaban J connectivity index is 2.45. The van der Waals surface area contributed by atoms with Gasteiger partial charge in [-0.05, 0) is 45.3 Å². The zero-order valence-corrected chi connectivity index (χ0v) is 13.9. The molecule has 1 aliphatic heterocycles. The lowest BCUT2D eigenvalue weighted by molar-refractivity contribution is 0.00578. The summed E-state index contributed by atoms with van der Waals surface area (Å²) in [6, 6.07) is 5.85. The second-order valence-corrected chi connectivity index (χ2v) is 7.62. The second-order valence-electron chi connectivity index (χ2n) is 7.62. The third kappa shape index (κ3) is 2.97. The molecule has 0 unspecified atom stereocenters. The van der Waals surface area contributed by atoms with Crippen LogP contribution in [-0.4, -0.2) is 23.3 Å². The first-order chi connectivity index (χ1) is 9.46. The summed E-state index contributed by atoms with van der Waals surface area (Å²) in [4.78, 5) is 4.40. The molecule has 1 fully saturated rings. The molecule has 2 rings (SSSR count). The molecule has 1 aliphatic rings. The Morgan fingerprint density at radius 3 is 2.05 bits per heavy atom. The maximum Gasteiger partial charge on any atom is 0.495 e. The van der Waals surface area contributed by atoms with E-state index in [1.165, 1.54) is 0 Å². The fraction of sp³-hybridized carbons (Fsp3) is 0.625. The number of hydrogen-bond acceptors (Lipinski definition) is 4. The third-order valence-corrected chi connectivity index (χ3v) is 4.26. The monoisotopic (exact) mass is 286 g/mol. The highest BCUT2D eigenvalue weighted by Gasteiger charge is 2.51. The third-order valence-electron chi connectivity index (χ3n) is 4.26. The molecule has 1 aromatic rings. The minimum Gasteiger partial charge on any atom is -0.399 e. The highest BCUT2D eigenvalue weighted by molar-refractivity contribution is 6.62. The Morgan fingerprint density at radius 1 is 1.10 bits per heavy atom. The van der Waals surface area contributed by atoms with Crippen LogP contribution in [0.3, 0.4) is 0 Å². The van der Waals surface area contributed by atoms with Crippen molar-refractivity contribution in [3.63, 3.8) is 0 Å². The summed E-state index contributed by atoms with van der Waals surface area (Å²) < 4.78 is 12.1. The van der Waals surface area contributed by atoms with Crippen molar-refractivity contribution in [2.45, 2.75) is 65.1 Å². The Morgan fingerprint density at radius 2 is 1.62 bits per heavy atom. The molecule has 0 saturated carbocycles. The molecule has 1 saturated heterocycles. The van der Waals surface area contributed by atoms with E-state index in [0.717, 1.165) is 11.2 Å². The Hall–Kier alpha value is -1.38. The van der Waals surface area contributed by atoms with Crippen molar-refractivity contribution < 1.29 is 9.31 Å². The summed E-state index contributed by atoms with van der Waals surface area (Å²) in [7, 11) is -0.466. The molecule has 2 heterocycles. The fourth-order valence-corrected chi connectivity index (χ4v) is 2.11. The van der Waals surface area contributed by atoms with E-state index in [1.54, 1.807) is 6.07 Å². The maximum absolute atomic E-state index is 9.21. The number of pyridine rings is 1. The van der Waals surface area contributed by atoms with E-state index in [1.807, 2.05) is 33.8 Å². The normalized spacial score (nSPS) is 20.4. The van der Waals surface area contributed by atoms with Gasteiger partial charge in [-0.1, -0.05) is 20.8 Å². The standard InChI is InChI=1S/C16H23BN2O2/c1-14(2,3)13-9-11(8-12(10-18)19-13)17-20-15(4,5)16(6,7)21-17/h8-9H,1-7H3. The van der Waals surface area contributed by atoms with Gasteiger partial charge in [-0.3, -0.25) is 0 Å². The van der Waals surface area contributed by atoms with Crippen molar-refractivity contribution in [3.05, 3.63) is 23.5 Å². The molecule has 0 radical (unpaired) electrons. The van der Waals surface area contributed by atoms with Crippen LogP contribution < -0.4 is 5.46 Å². The number of nitrogens with zero attached hydrogens (tertiary/aromatic N) is 2. The van der Waals surface area contributed by atoms with E-state index < -0.39 is 18.3 Å². The van der Waals surface area contributed by atoms with Crippen molar-refractivity contribution in [1.82, 2.24) is 4.98 Å². The van der Waals surface area contributed by atoms with Gasteiger partial charge in [0, 0.05) is 11.1 Å². The Bertz CT molecular complexity index is 581. The predicted molar refractivity (Wildman–Crippen MR) is 83.4 cm³/mol. The van der Waals surface area contributed by atoms with E-state index in [4.69, 9.17) is 9.31 Å². The zero-order valence-electron chi connectivity index (χ0n) is 13.9. The van der Waals surface area contributed by atoms with Crippen molar-refractivity contribution >= 4 is 12.6 Å². The van der Waals surface area contributed by atoms with Crippen LogP contribution in [0.25, 0.3) is 0 Å². The van der Waals surface area contributed by atoms with E-state index in [-0.39, 0.29) is 5.41 Å². The van der Waals surface area contributed by atoms with Crippen molar-refractivity contribution in [3.8, 4) is 6.07 Å². The zero-order chi connectivity index (χ0) is 16.1. The van der Waals surface area contributed by atoms with Crippen LogP contribution in [0, 0.1) is 11.3 Å². The summed E-state index contributed by atoms with van der Waals surface area (Å²) in [6.07, 6.45) is 0. The van der Waals surface area contributed by atoms with Gasteiger partial charge in [-0.15, -0.1) is 0 Å². The van der Waals surface area contributed by atoms with Crippen molar-refractivity contribution in [2.75, 3.05) is 0 Å².